The summed E-state index contributed by atoms with van der Waals surface area (Å²) in [7, 11) is 0. The van der Waals surface area contributed by atoms with Gasteiger partial charge in [-0.2, -0.15) is 0 Å². The van der Waals surface area contributed by atoms with Crippen LogP contribution in [0.1, 0.15) is 12.5 Å². The van der Waals surface area contributed by atoms with Gasteiger partial charge in [0, 0.05) is 16.5 Å². The van der Waals surface area contributed by atoms with Crippen LogP contribution in [0.15, 0.2) is 42.5 Å². The van der Waals surface area contributed by atoms with Gasteiger partial charge in [-0.25, -0.2) is 9.37 Å². The van der Waals surface area contributed by atoms with Crippen LogP contribution in [0, 0.1) is 10.5 Å². The highest BCUT2D eigenvalue weighted by atomic mass is 32.1. The normalized spacial score (nSPS) is 10.9. The van der Waals surface area contributed by atoms with E-state index in [0.717, 1.165) is 17.3 Å². The zero-order chi connectivity index (χ0) is 14.1. The zero-order valence-electron chi connectivity index (χ0n) is 11.0. The molecule has 2 nitrogen and oxygen atoms in total. The molecule has 0 amide bonds. The van der Waals surface area contributed by atoms with Crippen LogP contribution in [0.4, 0.5) is 4.39 Å². The maximum atomic E-state index is 13.3. The minimum Gasteiger partial charge on any atom is -0.339 e. The Hall–Kier alpha value is -2.07. The summed E-state index contributed by atoms with van der Waals surface area (Å²) in [5.41, 5.74) is 2.83. The molecule has 0 fully saturated rings. The summed E-state index contributed by atoms with van der Waals surface area (Å²) in [6.45, 7) is 2.10. The Morgan fingerprint density at radius 1 is 1.20 bits per heavy atom. The first-order valence-corrected chi connectivity index (χ1v) is 6.87. The molecule has 1 aromatic heterocycles. The third-order valence-electron chi connectivity index (χ3n) is 3.29. The molecule has 0 saturated heterocycles. The third kappa shape index (κ3) is 2.34. The Kier molecular flexibility index (Phi) is 3.32. The summed E-state index contributed by atoms with van der Waals surface area (Å²) in [6.07, 6.45) is 0.955. The van der Waals surface area contributed by atoms with Crippen molar-refractivity contribution in [1.82, 2.24) is 9.97 Å². The van der Waals surface area contributed by atoms with E-state index in [1.165, 1.54) is 17.7 Å². The van der Waals surface area contributed by atoms with Gasteiger partial charge in [0.05, 0.1) is 0 Å². The molecule has 3 rings (SSSR count). The predicted molar refractivity (Wildman–Crippen MR) is 81.7 cm³/mol. The maximum absolute atomic E-state index is 13.3. The van der Waals surface area contributed by atoms with Gasteiger partial charge in [-0.1, -0.05) is 37.3 Å². The summed E-state index contributed by atoms with van der Waals surface area (Å²) >= 11 is 5.36. The Balaban J connectivity index is 2.22. The molecule has 0 spiro atoms. The van der Waals surface area contributed by atoms with Crippen LogP contribution in [0.3, 0.4) is 0 Å². The van der Waals surface area contributed by atoms with Crippen molar-refractivity contribution in [2.75, 3.05) is 0 Å². The van der Waals surface area contributed by atoms with E-state index in [1.54, 1.807) is 6.07 Å². The van der Waals surface area contributed by atoms with E-state index < -0.39 is 0 Å². The molecule has 0 aliphatic rings. The lowest BCUT2D eigenvalue weighted by atomic mass is 10.1. The minimum absolute atomic E-state index is 0.287. The molecule has 0 aliphatic heterocycles. The molecule has 2 aromatic carbocycles. The summed E-state index contributed by atoms with van der Waals surface area (Å²) < 4.78 is 13.8. The van der Waals surface area contributed by atoms with Crippen molar-refractivity contribution in [2.45, 2.75) is 13.3 Å². The molecular weight excluding hydrogens is 271 g/mol. The van der Waals surface area contributed by atoms with Gasteiger partial charge < -0.3 is 4.98 Å². The Morgan fingerprint density at radius 2 is 2.05 bits per heavy atom. The smallest absolute Gasteiger partial charge is 0.139 e. The van der Waals surface area contributed by atoms with Gasteiger partial charge in [0.1, 0.15) is 16.3 Å². The molecule has 0 aliphatic carbocycles. The Labute approximate surface area is 121 Å². The number of halogens is 1. The van der Waals surface area contributed by atoms with Crippen molar-refractivity contribution < 1.29 is 4.39 Å². The van der Waals surface area contributed by atoms with E-state index >= 15 is 0 Å². The zero-order valence-corrected chi connectivity index (χ0v) is 11.8. The quantitative estimate of drug-likeness (QED) is 0.693. The highest BCUT2D eigenvalue weighted by molar-refractivity contribution is 7.71. The average molecular weight is 284 g/mol. The largest absolute Gasteiger partial charge is 0.339 e. The number of nitrogens with zero attached hydrogens (tertiary/aromatic N) is 1. The van der Waals surface area contributed by atoms with Gasteiger partial charge >= 0.3 is 0 Å². The van der Waals surface area contributed by atoms with Gasteiger partial charge in [-0.3, -0.25) is 0 Å². The predicted octanol–water partition coefficient (Wildman–Crippen LogP) is 4.66. The van der Waals surface area contributed by atoms with Crippen LogP contribution in [0.5, 0.6) is 0 Å². The van der Waals surface area contributed by atoms with E-state index in [0.29, 0.717) is 16.0 Å². The second-order valence-corrected chi connectivity index (χ2v) is 5.02. The van der Waals surface area contributed by atoms with Crippen molar-refractivity contribution in [2.24, 2.45) is 0 Å². The number of rotatable bonds is 2. The van der Waals surface area contributed by atoms with Gasteiger partial charge in [-0.05, 0) is 36.2 Å². The van der Waals surface area contributed by atoms with E-state index in [9.17, 15) is 4.39 Å². The lowest BCUT2D eigenvalue weighted by Crippen LogP contribution is -1.93. The number of benzene rings is 2. The molecule has 0 saturated carbocycles. The lowest BCUT2D eigenvalue weighted by Gasteiger charge is -2.06. The second kappa shape index (κ2) is 5.13. The standard InChI is InChI=1S/C16H13FN2S/c1-2-10-6-7-14-13(8-10)16(20)19-15(18-14)11-4-3-5-12(17)9-11/h3-9H,2H2,1H3,(H,18,19,20). The van der Waals surface area contributed by atoms with Crippen LogP contribution in [0.25, 0.3) is 22.3 Å². The fraction of sp³-hybridized carbons (Fsp3) is 0.125. The number of nitrogens with one attached hydrogen (secondary N) is 1. The number of aryl methyl sites for hydroxylation is 1. The van der Waals surface area contributed by atoms with Crippen molar-refractivity contribution in [3.8, 4) is 11.4 Å². The van der Waals surface area contributed by atoms with E-state index in [2.05, 4.69) is 29.0 Å². The summed E-state index contributed by atoms with van der Waals surface area (Å²) in [5, 5.41) is 0.930. The highest BCUT2D eigenvalue weighted by Crippen LogP contribution is 2.21. The first-order valence-electron chi connectivity index (χ1n) is 6.46. The molecule has 1 N–H and O–H groups in total. The molecule has 4 heteroatoms. The fourth-order valence-corrected chi connectivity index (χ4v) is 2.45. The summed E-state index contributed by atoms with van der Waals surface area (Å²) in [6, 6.07) is 12.4. The van der Waals surface area contributed by atoms with Crippen LogP contribution in [0.2, 0.25) is 0 Å². The molecule has 20 heavy (non-hydrogen) atoms. The number of fused-ring (bicyclic) bond motifs is 1. The number of hydrogen-bond donors (Lipinski definition) is 1. The molecule has 3 aromatic rings. The molecule has 100 valence electrons. The van der Waals surface area contributed by atoms with Crippen molar-refractivity contribution >= 4 is 23.1 Å². The number of hydrogen-bond acceptors (Lipinski definition) is 2. The van der Waals surface area contributed by atoms with Crippen LogP contribution < -0.4 is 0 Å². The summed E-state index contributed by atoms with van der Waals surface area (Å²) in [5.74, 6) is 0.302. The van der Waals surface area contributed by atoms with Gasteiger partial charge in [-0.15, -0.1) is 0 Å². The first kappa shape index (κ1) is 12.9. The molecule has 0 unspecified atom stereocenters. The topological polar surface area (TPSA) is 28.7 Å². The number of aromatic amines is 1. The van der Waals surface area contributed by atoms with Gasteiger partial charge in [0.15, 0.2) is 0 Å². The third-order valence-corrected chi connectivity index (χ3v) is 3.60. The number of H-pyrrole nitrogens is 1. The monoisotopic (exact) mass is 284 g/mol. The minimum atomic E-state index is -0.287. The Morgan fingerprint density at radius 3 is 2.80 bits per heavy atom. The SMILES string of the molecule is CCc1ccc2[nH]c(-c3cccc(F)c3)nc(=S)c2c1. The van der Waals surface area contributed by atoms with E-state index in [-0.39, 0.29) is 5.82 Å². The molecule has 0 bridgehead atoms. The van der Waals surface area contributed by atoms with Gasteiger partial charge in [0.2, 0.25) is 0 Å². The van der Waals surface area contributed by atoms with Gasteiger partial charge in [0.25, 0.3) is 0 Å². The Bertz CT molecular complexity index is 839. The average Bonchev–Trinajstić information content (AvgIpc) is 2.47. The fourth-order valence-electron chi connectivity index (χ4n) is 2.19. The van der Waals surface area contributed by atoms with E-state index in [1.807, 2.05) is 12.1 Å². The first-order chi connectivity index (χ1) is 9.67. The lowest BCUT2D eigenvalue weighted by molar-refractivity contribution is 0.628. The van der Waals surface area contributed by atoms with Crippen molar-refractivity contribution in [1.29, 1.82) is 0 Å². The maximum Gasteiger partial charge on any atom is 0.139 e. The van der Waals surface area contributed by atoms with Crippen LogP contribution in [-0.2, 0) is 6.42 Å². The van der Waals surface area contributed by atoms with E-state index in [4.69, 9.17) is 12.2 Å². The van der Waals surface area contributed by atoms with Crippen molar-refractivity contribution in [3.05, 3.63) is 58.5 Å². The number of aromatic nitrogens is 2. The van der Waals surface area contributed by atoms with Crippen molar-refractivity contribution in [3.63, 3.8) is 0 Å². The molecular formula is C16H13FN2S. The molecule has 0 radical (unpaired) electrons. The van der Waals surface area contributed by atoms with Crippen LogP contribution in [-0.4, -0.2) is 9.97 Å². The molecule has 0 atom stereocenters. The van der Waals surface area contributed by atoms with Crippen LogP contribution >= 0.6 is 12.2 Å². The summed E-state index contributed by atoms with van der Waals surface area (Å²) in [4.78, 5) is 7.60. The second-order valence-electron chi connectivity index (χ2n) is 4.63. The highest BCUT2D eigenvalue weighted by Gasteiger charge is 2.05. The molecule has 1 heterocycles.